The SMILES string of the molecule is CCCCCCCCCCCCCCCCCCCCCCCCCCCCCCCC(C)C. The monoisotopic (exact) mass is 479 g/mol. The maximum atomic E-state index is 2.35. The molecule has 0 nitrogen and oxygen atoms in total. The second kappa shape index (κ2) is 31.0. The smallest absolute Gasteiger partial charge is 0.0471 e. The minimum Gasteiger partial charge on any atom is -0.0654 e. The Labute approximate surface area is 219 Å². The van der Waals surface area contributed by atoms with Crippen LogP contribution in [0.15, 0.2) is 0 Å². The minimum absolute atomic E-state index is 0.897. The number of unbranched alkanes of at least 4 members (excludes halogenated alkanes) is 28. The average molecular weight is 479 g/mol. The van der Waals surface area contributed by atoms with E-state index in [0.717, 1.165) is 5.92 Å². The Bertz CT molecular complexity index is 331. The lowest BCUT2D eigenvalue weighted by molar-refractivity contribution is 0.500. The summed E-state index contributed by atoms with van der Waals surface area (Å²) in [4.78, 5) is 0. The van der Waals surface area contributed by atoms with Crippen molar-refractivity contribution in [1.82, 2.24) is 0 Å². The van der Waals surface area contributed by atoms with Gasteiger partial charge in [0.05, 0.1) is 0 Å². The highest BCUT2D eigenvalue weighted by atomic mass is 14.0. The highest BCUT2D eigenvalue weighted by Gasteiger charge is 1.97. The van der Waals surface area contributed by atoms with Gasteiger partial charge in [-0.05, 0) is 5.92 Å². The van der Waals surface area contributed by atoms with Crippen LogP contribution >= 0.6 is 0 Å². The van der Waals surface area contributed by atoms with Gasteiger partial charge < -0.3 is 0 Å². The molecule has 0 atom stereocenters. The van der Waals surface area contributed by atoms with Crippen molar-refractivity contribution >= 4 is 0 Å². The summed E-state index contributed by atoms with van der Waals surface area (Å²) in [5.41, 5.74) is 0. The minimum atomic E-state index is 0.897. The molecular weight excluding hydrogens is 408 g/mol. The molecule has 0 aliphatic rings. The normalized spacial score (nSPS) is 11.6. The van der Waals surface area contributed by atoms with E-state index in [0.29, 0.717) is 0 Å². The second-order valence-electron chi connectivity index (χ2n) is 12.1. The second-order valence-corrected chi connectivity index (χ2v) is 12.1. The first-order valence-corrected chi connectivity index (χ1v) is 16.8. The third-order valence-electron chi connectivity index (χ3n) is 7.89. The van der Waals surface area contributed by atoms with Gasteiger partial charge in [0.1, 0.15) is 0 Å². The van der Waals surface area contributed by atoms with Crippen LogP contribution in [0.4, 0.5) is 0 Å². The molecule has 0 aromatic rings. The zero-order valence-electron chi connectivity index (χ0n) is 24.8. The molecule has 0 saturated carbocycles. The van der Waals surface area contributed by atoms with Crippen LogP contribution in [0.5, 0.6) is 0 Å². The van der Waals surface area contributed by atoms with Gasteiger partial charge in [-0.3, -0.25) is 0 Å². The molecule has 0 rings (SSSR count). The van der Waals surface area contributed by atoms with E-state index in [1.54, 1.807) is 0 Å². The highest BCUT2D eigenvalue weighted by Crippen LogP contribution is 2.16. The van der Waals surface area contributed by atoms with E-state index < -0.39 is 0 Å². The van der Waals surface area contributed by atoms with Crippen molar-refractivity contribution < 1.29 is 0 Å². The molecule has 0 aliphatic heterocycles. The standard InChI is InChI=1S/C34H70/c1-4-5-6-7-8-9-10-11-12-13-14-15-16-17-18-19-20-21-22-23-24-25-26-27-28-29-30-31-32-33-34(2)3/h34H,4-33H2,1-3H3. The average Bonchev–Trinajstić information content (AvgIpc) is 2.83. The lowest BCUT2D eigenvalue weighted by Gasteiger charge is -2.05. The van der Waals surface area contributed by atoms with Gasteiger partial charge in [-0.1, -0.05) is 213 Å². The maximum Gasteiger partial charge on any atom is -0.0471 e. The van der Waals surface area contributed by atoms with Crippen molar-refractivity contribution in [3.63, 3.8) is 0 Å². The summed E-state index contributed by atoms with van der Waals surface area (Å²) in [7, 11) is 0. The molecule has 0 aliphatic carbocycles. The van der Waals surface area contributed by atoms with Crippen LogP contribution in [0.2, 0.25) is 0 Å². The Balaban J connectivity index is 3.00. The Morgan fingerprint density at radius 1 is 0.265 bits per heavy atom. The van der Waals surface area contributed by atoms with Crippen molar-refractivity contribution in [3.05, 3.63) is 0 Å². The maximum absolute atomic E-state index is 2.35. The molecule has 0 aromatic heterocycles. The van der Waals surface area contributed by atoms with Crippen LogP contribution in [-0.2, 0) is 0 Å². The van der Waals surface area contributed by atoms with E-state index in [1.807, 2.05) is 0 Å². The summed E-state index contributed by atoms with van der Waals surface area (Å²) in [6.07, 6.45) is 44.4. The molecule has 0 N–H and O–H groups in total. The lowest BCUT2D eigenvalue weighted by atomic mass is 10.0. The zero-order valence-corrected chi connectivity index (χ0v) is 24.8. The Morgan fingerprint density at radius 2 is 0.441 bits per heavy atom. The number of hydrogen-bond acceptors (Lipinski definition) is 0. The van der Waals surface area contributed by atoms with Gasteiger partial charge in [0.2, 0.25) is 0 Å². The van der Waals surface area contributed by atoms with Crippen LogP contribution < -0.4 is 0 Å². The van der Waals surface area contributed by atoms with E-state index >= 15 is 0 Å². The molecule has 0 spiro atoms. The van der Waals surface area contributed by atoms with Crippen molar-refractivity contribution in [2.75, 3.05) is 0 Å². The van der Waals surface area contributed by atoms with Crippen LogP contribution in [0.25, 0.3) is 0 Å². The summed E-state index contributed by atoms with van der Waals surface area (Å²) in [5.74, 6) is 0.897. The molecular formula is C34H70. The summed E-state index contributed by atoms with van der Waals surface area (Å²) < 4.78 is 0. The first-order chi connectivity index (χ1) is 16.8. The molecule has 0 radical (unpaired) electrons. The van der Waals surface area contributed by atoms with Crippen molar-refractivity contribution in [2.24, 2.45) is 5.92 Å². The van der Waals surface area contributed by atoms with E-state index in [-0.39, 0.29) is 0 Å². The van der Waals surface area contributed by atoms with Crippen LogP contribution in [-0.4, -0.2) is 0 Å². The fraction of sp³-hybridized carbons (Fsp3) is 1.00. The van der Waals surface area contributed by atoms with Gasteiger partial charge >= 0.3 is 0 Å². The van der Waals surface area contributed by atoms with Gasteiger partial charge in [-0.15, -0.1) is 0 Å². The van der Waals surface area contributed by atoms with Gasteiger partial charge in [-0.25, -0.2) is 0 Å². The number of rotatable bonds is 30. The predicted octanol–water partition coefficient (Wildman–Crippen LogP) is 13.4. The largest absolute Gasteiger partial charge is 0.0654 e. The molecule has 0 unspecified atom stereocenters. The molecule has 206 valence electrons. The molecule has 0 heteroatoms. The quantitative estimate of drug-likeness (QED) is 0.0900. The molecule has 0 aromatic carbocycles. The van der Waals surface area contributed by atoms with E-state index in [4.69, 9.17) is 0 Å². The molecule has 0 saturated heterocycles. The van der Waals surface area contributed by atoms with Crippen LogP contribution in [0, 0.1) is 5.92 Å². The number of hydrogen-bond donors (Lipinski definition) is 0. The van der Waals surface area contributed by atoms with E-state index in [9.17, 15) is 0 Å². The molecule has 0 fully saturated rings. The van der Waals surface area contributed by atoms with Gasteiger partial charge in [0.25, 0.3) is 0 Å². The fourth-order valence-electron chi connectivity index (χ4n) is 5.40. The summed E-state index contributed by atoms with van der Waals surface area (Å²) >= 11 is 0. The Kier molecular flexibility index (Phi) is 31.0. The van der Waals surface area contributed by atoms with Crippen molar-refractivity contribution in [1.29, 1.82) is 0 Å². The Hall–Kier alpha value is 0. The third-order valence-corrected chi connectivity index (χ3v) is 7.89. The third kappa shape index (κ3) is 32.0. The van der Waals surface area contributed by atoms with Crippen molar-refractivity contribution in [3.8, 4) is 0 Å². The van der Waals surface area contributed by atoms with E-state index in [1.165, 1.54) is 193 Å². The van der Waals surface area contributed by atoms with Gasteiger partial charge in [0, 0.05) is 0 Å². The molecule has 0 amide bonds. The molecule has 0 bridgehead atoms. The van der Waals surface area contributed by atoms with Gasteiger partial charge in [0.15, 0.2) is 0 Å². The predicted molar refractivity (Wildman–Crippen MR) is 159 cm³/mol. The highest BCUT2D eigenvalue weighted by molar-refractivity contribution is 4.53. The summed E-state index contributed by atoms with van der Waals surface area (Å²) in [6, 6.07) is 0. The fourth-order valence-corrected chi connectivity index (χ4v) is 5.40. The first-order valence-electron chi connectivity index (χ1n) is 16.8. The lowest BCUT2D eigenvalue weighted by Crippen LogP contribution is -1.87. The van der Waals surface area contributed by atoms with Gasteiger partial charge in [-0.2, -0.15) is 0 Å². The topological polar surface area (TPSA) is 0 Å². The Morgan fingerprint density at radius 3 is 0.618 bits per heavy atom. The van der Waals surface area contributed by atoms with Crippen LogP contribution in [0.1, 0.15) is 213 Å². The first kappa shape index (κ1) is 34.0. The van der Waals surface area contributed by atoms with E-state index in [2.05, 4.69) is 20.8 Å². The molecule has 0 heterocycles. The summed E-state index contributed by atoms with van der Waals surface area (Å²) in [6.45, 7) is 7.00. The zero-order chi connectivity index (χ0) is 24.8. The van der Waals surface area contributed by atoms with Crippen molar-refractivity contribution in [2.45, 2.75) is 213 Å². The summed E-state index contributed by atoms with van der Waals surface area (Å²) in [5, 5.41) is 0. The van der Waals surface area contributed by atoms with Crippen LogP contribution in [0.3, 0.4) is 0 Å². The molecule has 34 heavy (non-hydrogen) atoms.